The topological polar surface area (TPSA) is 24.9 Å². The normalized spacial score (nSPS) is 11.2. The minimum absolute atomic E-state index is 0.986. The van der Waals surface area contributed by atoms with Gasteiger partial charge in [0, 0.05) is 17.6 Å². The van der Waals surface area contributed by atoms with E-state index in [2.05, 4.69) is 47.2 Å². The van der Waals surface area contributed by atoms with Crippen LogP contribution in [0.3, 0.4) is 0 Å². The molecule has 0 saturated heterocycles. The molecule has 0 saturated carbocycles. The average molecular weight is 319 g/mol. The summed E-state index contributed by atoms with van der Waals surface area (Å²) in [5, 5.41) is 4.13. The Morgan fingerprint density at radius 3 is 2.67 bits per heavy atom. The van der Waals surface area contributed by atoms with E-state index >= 15 is 0 Å². The van der Waals surface area contributed by atoms with Crippen molar-refractivity contribution in [3.8, 4) is 0 Å². The van der Waals surface area contributed by atoms with Crippen molar-refractivity contribution in [3.05, 3.63) is 51.8 Å². The molecule has 0 aliphatic heterocycles. The Morgan fingerprint density at radius 2 is 2.00 bits per heavy atom. The number of thiol groups is 1. The fourth-order valence-corrected chi connectivity index (χ4v) is 2.63. The van der Waals surface area contributed by atoms with Crippen molar-refractivity contribution < 1.29 is 0 Å². The van der Waals surface area contributed by atoms with Crippen molar-refractivity contribution in [1.82, 2.24) is 4.98 Å². The molecule has 2 aromatic rings. The third-order valence-corrected chi connectivity index (χ3v) is 3.86. The molecular formula is C17H22N2S2. The van der Waals surface area contributed by atoms with E-state index in [9.17, 15) is 0 Å². The molecule has 1 aliphatic rings. The van der Waals surface area contributed by atoms with Crippen LogP contribution in [-0.2, 0) is 0 Å². The van der Waals surface area contributed by atoms with E-state index < -0.39 is 0 Å². The second kappa shape index (κ2) is 10.2. The predicted molar refractivity (Wildman–Crippen MR) is 98.6 cm³/mol. The molecule has 2 nitrogen and oxygen atoms in total. The van der Waals surface area contributed by atoms with Crippen molar-refractivity contribution in [2.24, 2.45) is 0 Å². The van der Waals surface area contributed by atoms with E-state index in [0.717, 1.165) is 22.4 Å². The zero-order valence-corrected chi connectivity index (χ0v) is 14.4. The van der Waals surface area contributed by atoms with Gasteiger partial charge in [-0.15, -0.1) is 24.0 Å². The van der Waals surface area contributed by atoms with Gasteiger partial charge in [-0.3, -0.25) is 0 Å². The number of hydrogen-bond acceptors (Lipinski definition) is 4. The molecule has 0 radical (unpaired) electrons. The second-order valence-electron chi connectivity index (χ2n) is 3.90. The number of allylic oxidation sites excluding steroid dienone is 2. The molecule has 4 heteroatoms. The zero-order chi connectivity index (χ0) is 15.5. The van der Waals surface area contributed by atoms with E-state index in [1.54, 1.807) is 11.3 Å². The van der Waals surface area contributed by atoms with Crippen molar-refractivity contribution in [3.63, 3.8) is 0 Å². The van der Waals surface area contributed by atoms with Gasteiger partial charge in [-0.05, 0) is 24.6 Å². The fourth-order valence-electron chi connectivity index (χ4n) is 1.64. The highest BCUT2D eigenvalue weighted by Crippen LogP contribution is 2.16. The Hall–Kier alpha value is -1.52. The van der Waals surface area contributed by atoms with Gasteiger partial charge < -0.3 is 5.32 Å². The molecular weight excluding hydrogens is 296 g/mol. The first-order chi connectivity index (χ1) is 10.3. The van der Waals surface area contributed by atoms with Crippen LogP contribution >= 0.6 is 24.0 Å². The number of para-hydroxylation sites is 1. The first-order valence-electron chi connectivity index (χ1n) is 7.03. The minimum Gasteiger partial charge on any atom is -0.387 e. The van der Waals surface area contributed by atoms with Gasteiger partial charge >= 0.3 is 0 Å². The lowest BCUT2D eigenvalue weighted by atomic mass is 10.3. The number of fused-ring (bicyclic) bond motifs is 1. The number of hydrogen-bond donors (Lipinski definition) is 2. The first-order valence-corrected chi connectivity index (χ1v) is 8.36. The lowest BCUT2D eigenvalue weighted by Gasteiger charge is -2.00. The van der Waals surface area contributed by atoms with Crippen LogP contribution in [0.1, 0.15) is 20.3 Å². The Balaban J connectivity index is 0.000000189. The van der Waals surface area contributed by atoms with E-state index in [1.165, 1.54) is 4.53 Å². The summed E-state index contributed by atoms with van der Waals surface area (Å²) in [6.07, 6.45) is 9.48. The maximum absolute atomic E-state index is 4.22. The third-order valence-electron chi connectivity index (χ3n) is 2.63. The van der Waals surface area contributed by atoms with Crippen LogP contribution in [0.15, 0.2) is 46.8 Å². The van der Waals surface area contributed by atoms with Crippen molar-refractivity contribution in [2.75, 3.05) is 12.4 Å². The number of anilines is 1. The van der Waals surface area contributed by atoms with Gasteiger partial charge in [-0.2, -0.15) is 0 Å². The fraction of sp³-hybridized carbons (Fsp3) is 0.235. The van der Waals surface area contributed by atoms with Crippen LogP contribution in [0.4, 0.5) is 5.69 Å². The highest BCUT2D eigenvalue weighted by molar-refractivity contribution is 7.80. The molecule has 1 N–H and O–H groups in total. The number of nitrogens with zero attached hydrogens (tertiary/aromatic N) is 1. The Bertz CT molecular complexity index is 672. The van der Waals surface area contributed by atoms with Gasteiger partial charge in [0.2, 0.25) is 0 Å². The molecule has 0 amide bonds. The lowest BCUT2D eigenvalue weighted by Crippen LogP contribution is -2.19. The van der Waals surface area contributed by atoms with E-state index in [-0.39, 0.29) is 0 Å². The molecule has 1 aromatic carbocycles. The maximum Gasteiger partial charge on any atom is 0.0808 e. The largest absolute Gasteiger partial charge is 0.387 e. The SMILES string of the molecule is C1=CCC=c2scnc2=C1.CC.CNc1ccccc1S. The Labute approximate surface area is 136 Å². The number of benzene rings is 1. The third kappa shape index (κ3) is 5.78. The predicted octanol–water partition coefficient (Wildman–Crippen LogP) is 3.71. The van der Waals surface area contributed by atoms with Gasteiger partial charge in [0.05, 0.1) is 15.4 Å². The number of rotatable bonds is 1. The molecule has 21 heavy (non-hydrogen) atoms. The van der Waals surface area contributed by atoms with Crippen molar-refractivity contribution in [1.29, 1.82) is 0 Å². The molecule has 1 aromatic heterocycles. The number of aromatic nitrogens is 1. The summed E-state index contributed by atoms with van der Waals surface area (Å²) in [6.45, 7) is 4.00. The first kappa shape index (κ1) is 17.5. The highest BCUT2D eigenvalue weighted by Gasteiger charge is 1.90. The van der Waals surface area contributed by atoms with Crippen molar-refractivity contribution >= 4 is 41.8 Å². The van der Waals surface area contributed by atoms with Crippen LogP contribution in [0.5, 0.6) is 0 Å². The zero-order valence-electron chi connectivity index (χ0n) is 12.7. The Morgan fingerprint density at radius 1 is 1.24 bits per heavy atom. The number of nitrogens with one attached hydrogen (secondary N) is 1. The van der Waals surface area contributed by atoms with Crippen LogP contribution in [0, 0.1) is 0 Å². The molecule has 1 aliphatic carbocycles. The van der Waals surface area contributed by atoms with Gasteiger partial charge in [-0.25, -0.2) is 4.98 Å². The molecule has 0 bridgehead atoms. The van der Waals surface area contributed by atoms with Gasteiger partial charge in [0.25, 0.3) is 0 Å². The lowest BCUT2D eigenvalue weighted by molar-refractivity contribution is 1.32. The molecule has 1 heterocycles. The average Bonchev–Trinajstić information content (AvgIpc) is 2.87. The molecule has 0 spiro atoms. The molecule has 112 valence electrons. The van der Waals surface area contributed by atoms with E-state index in [4.69, 9.17) is 0 Å². The molecule has 0 atom stereocenters. The second-order valence-corrected chi connectivity index (χ2v) is 5.27. The molecule has 0 unspecified atom stereocenters. The summed E-state index contributed by atoms with van der Waals surface area (Å²) in [5.74, 6) is 0. The summed E-state index contributed by atoms with van der Waals surface area (Å²) < 4.78 is 1.30. The smallest absolute Gasteiger partial charge is 0.0808 e. The van der Waals surface area contributed by atoms with Crippen LogP contribution in [0.25, 0.3) is 12.2 Å². The summed E-state index contributed by atoms with van der Waals surface area (Å²) in [4.78, 5) is 5.18. The van der Waals surface area contributed by atoms with Gasteiger partial charge in [-0.1, -0.05) is 44.2 Å². The monoisotopic (exact) mass is 318 g/mol. The van der Waals surface area contributed by atoms with E-state index in [0.29, 0.717) is 0 Å². The Kier molecular flexibility index (Phi) is 8.55. The summed E-state index contributed by atoms with van der Waals surface area (Å²) >= 11 is 5.92. The van der Waals surface area contributed by atoms with Crippen molar-refractivity contribution in [2.45, 2.75) is 25.2 Å². The maximum atomic E-state index is 4.22. The highest BCUT2D eigenvalue weighted by atomic mass is 32.1. The summed E-state index contributed by atoms with van der Waals surface area (Å²) in [6, 6.07) is 7.88. The van der Waals surface area contributed by atoms with Gasteiger partial charge in [0.15, 0.2) is 0 Å². The van der Waals surface area contributed by atoms with Gasteiger partial charge in [0.1, 0.15) is 0 Å². The standard InChI is InChI=1S/C8H7NS.C7H9NS.C2H6/c1-2-4-7-8(5-3-1)10-6-9-7;1-8-6-4-2-3-5-7(6)9;1-2/h1-2,4-6H,3H2;2-5,8-9H,1H3;1-2H3. The van der Waals surface area contributed by atoms with Crippen LogP contribution in [-0.4, -0.2) is 12.0 Å². The number of thiazole rings is 1. The van der Waals surface area contributed by atoms with E-state index in [1.807, 2.05) is 50.7 Å². The quantitative estimate of drug-likeness (QED) is 0.784. The molecule has 3 rings (SSSR count). The minimum atomic E-state index is 0.986. The molecule has 0 fully saturated rings. The summed E-state index contributed by atoms with van der Waals surface area (Å²) in [5.41, 5.74) is 2.96. The van der Waals surface area contributed by atoms with Crippen LogP contribution < -0.4 is 15.2 Å². The van der Waals surface area contributed by atoms with Crippen LogP contribution in [0.2, 0.25) is 0 Å². The summed E-state index contributed by atoms with van der Waals surface area (Å²) in [7, 11) is 1.88.